The summed E-state index contributed by atoms with van der Waals surface area (Å²) in [4.78, 5) is -0.109. The van der Waals surface area contributed by atoms with Crippen molar-refractivity contribution in [1.29, 1.82) is 0 Å². The van der Waals surface area contributed by atoms with Crippen LogP contribution >= 0.6 is 0 Å². The van der Waals surface area contributed by atoms with Crippen molar-refractivity contribution in [3.63, 3.8) is 0 Å². The summed E-state index contributed by atoms with van der Waals surface area (Å²) < 4.78 is 43.7. The van der Waals surface area contributed by atoms with Crippen LogP contribution in [-0.4, -0.2) is 17.2 Å². The molecule has 4 nitrogen and oxygen atoms in total. The Kier molecular flexibility index (Phi) is 2.55. The molecular formula is C12H10O4S2. The molecule has 1 unspecified atom stereocenters. The van der Waals surface area contributed by atoms with E-state index in [1.54, 1.807) is 12.1 Å². The Morgan fingerprint density at radius 1 is 1.11 bits per heavy atom. The van der Waals surface area contributed by atoms with Gasteiger partial charge in [0, 0.05) is 16.6 Å². The fraction of sp³-hybridized carbons (Fsp3) is 0.167. The fourth-order valence-electron chi connectivity index (χ4n) is 2.36. The lowest BCUT2D eigenvalue weighted by atomic mass is 10.0. The van der Waals surface area contributed by atoms with Crippen LogP contribution in [0.25, 0.3) is 10.8 Å². The minimum atomic E-state index is -4.28. The van der Waals surface area contributed by atoms with E-state index in [1.165, 1.54) is 6.07 Å². The van der Waals surface area contributed by atoms with Gasteiger partial charge in [-0.2, -0.15) is 8.42 Å². The molecule has 1 aliphatic heterocycles. The molecule has 1 atom stereocenters. The van der Waals surface area contributed by atoms with Crippen LogP contribution < -0.4 is 0 Å². The van der Waals surface area contributed by atoms with E-state index in [9.17, 15) is 17.2 Å². The Balaban J connectivity index is 2.47. The quantitative estimate of drug-likeness (QED) is 0.810. The Morgan fingerprint density at radius 2 is 1.78 bits per heavy atom. The third-order valence-electron chi connectivity index (χ3n) is 3.12. The number of hydrogen-bond donors (Lipinski definition) is 1. The smallest absolute Gasteiger partial charge is 0.282 e. The lowest BCUT2D eigenvalue weighted by Gasteiger charge is -2.08. The highest BCUT2D eigenvalue weighted by molar-refractivity contribution is 7.86. The Morgan fingerprint density at radius 3 is 2.50 bits per heavy atom. The number of rotatable bonds is 1. The summed E-state index contributed by atoms with van der Waals surface area (Å²) >= 11 is 0. The third kappa shape index (κ3) is 1.77. The van der Waals surface area contributed by atoms with Crippen LogP contribution in [0.4, 0.5) is 0 Å². The van der Waals surface area contributed by atoms with Gasteiger partial charge in [-0.3, -0.25) is 8.76 Å². The van der Waals surface area contributed by atoms with E-state index in [-0.39, 0.29) is 10.6 Å². The minimum absolute atomic E-state index is 0.109. The molecule has 0 fully saturated rings. The standard InChI is InChI=1S/C12H10O4S2/c13-17-6-10-9-4-2-1-3-8(9)5-12(11(10)7-17)18(14,15)16/h1-5H,6-7H2,(H,14,15,16). The largest absolute Gasteiger partial charge is 0.294 e. The summed E-state index contributed by atoms with van der Waals surface area (Å²) in [6.45, 7) is 0. The highest BCUT2D eigenvalue weighted by Crippen LogP contribution is 2.35. The SMILES string of the molecule is O=S1Cc2c(S(=O)(=O)O)cc3ccccc3c2C1. The number of benzene rings is 2. The van der Waals surface area contributed by atoms with Gasteiger partial charge in [0.05, 0.1) is 10.6 Å². The summed E-state index contributed by atoms with van der Waals surface area (Å²) in [5, 5.41) is 1.65. The van der Waals surface area contributed by atoms with Gasteiger partial charge in [-0.25, -0.2) is 0 Å². The van der Waals surface area contributed by atoms with Gasteiger partial charge in [0.25, 0.3) is 10.1 Å². The van der Waals surface area contributed by atoms with Crippen LogP contribution in [0, 0.1) is 0 Å². The molecule has 0 bridgehead atoms. The molecule has 2 aromatic carbocycles. The first-order chi connectivity index (χ1) is 8.47. The van der Waals surface area contributed by atoms with Crippen LogP contribution in [-0.2, 0) is 32.4 Å². The van der Waals surface area contributed by atoms with E-state index >= 15 is 0 Å². The maximum Gasteiger partial charge on any atom is 0.294 e. The monoisotopic (exact) mass is 282 g/mol. The van der Waals surface area contributed by atoms with Crippen molar-refractivity contribution in [2.45, 2.75) is 16.4 Å². The van der Waals surface area contributed by atoms with Gasteiger partial charge in [0.15, 0.2) is 0 Å². The summed E-state index contributed by atoms with van der Waals surface area (Å²) in [6.07, 6.45) is 0. The van der Waals surface area contributed by atoms with E-state index in [0.29, 0.717) is 11.3 Å². The molecule has 18 heavy (non-hydrogen) atoms. The van der Waals surface area contributed by atoms with Crippen molar-refractivity contribution in [2.75, 3.05) is 0 Å². The molecule has 0 amide bonds. The van der Waals surface area contributed by atoms with Gasteiger partial charge < -0.3 is 0 Å². The van der Waals surface area contributed by atoms with Crippen molar-refractivity contribution in [1.82, 2.24) is 0 Å². The van der Waals surface area contributed by atoms with Crippen LogP contribution in [0.1, 0.15) is 11.1 Å². The van der Waals surface area contributed by atoms with Crippen molar-refractivity contribution in [3.8, 4) is 0 Å². The summed E-state index contributed by atoms with van der Waals surface area (Å²) in [6, 6.07) is 8.77. The van der Waals surface area contributed by atoms with Crippen molar-refractivity contribution in [3.05, 3.63) is 41.5 Å². The average molecular weight is 282 g/mol. The van der Waals surface area contributed by atoms with Gasteiger partial charge in [-0.1, -0.05) is 24.3 Å². The lowest BCUT2D eigenvalue weighted by Crippen LogP contribution is -2.03. The minimum Gasteiger partial charge on any atom is -0.282 e. The molecule has 1 heterocycles. The zero-order chi connectivity index (χ0) is 12.9. The molecule has 0 spiro atoms. The first-order valence-electron chi connectivity index (χ1n) is 5.33. The van der Waals surface area contributed by atoms with Crippen LogP contribution in [0.3, 0.4) is 0 Å². The van der Waals surface area contributed by atoms with E-state index < -0.39 is 20.9 Å². The van der Waals surface area contributed by atoms with Crippen LogP contribution in [0.5, 0.6) is 0 Å². The summed E-state index contributed by atoms with van der Waals surface area (Å²) in [5.74, 6) is 0.536. The summed E-state index contributed by atoms with van der Waals surface area (Å²) in [7, 11) is -5.37. The zero-order valence-corrected chi connectivity index (χ0v) is 10.9. The van der Waals surface area contributed by atoms with Gasteiger partial charge in [-0.05, 0) is 28.0 Å². The highest BCUT2D eigenvalue weighted by atomic mass is 32.2. The topological polar surface area (TPSA) is 71.4 Å². The van der Waals surface area contributed by atoms with E-state index in [4.69, 9.17) is 0 Å². The molecule has 0 saturated heterocycles. The molecule has 0 radical (unpaired) electrons. The Labute approximate surface area is 107 Å². The molecule has 94 valence electrons. The van der Waals surface area contributed by atoms with Gasteiger partial charge in [0.2, 0.25) is 0 Å². The molecule has 2 aromatic rings. The second kappa shape index (κ2) is 3.88. The number of fused-ring (bicyclic) bond motifs is 3. The molecule has 0 aromatic heterocycles. The van der Waals surface area contributed by atoms with Crippen LogP contribution in [0.2, 0.25) is 0 Å². The van der Waals surface area contributed by atoms with Crippen LogP contribution in [0.15, 0.2) is 35.2 Å². The molecule has 0 aliphatic carbocycles. The predicted molar refractivity (Wildman–Crippen MR) is 69.3 cm³/mol. The van der Waals surface area contributed by atoms with Gasteiger partial charge in [-0.15, -0.1) is 0 Å². The normalized spacial score (nSPS) is 19.1. The summed E-state index contributed by atoms with van der Waals surface area (Å²) in [5.41, 5.74) is 1.27. The highest BCUT2D eigenvalue weighted by Gasteiger charge is 2.27. The molecule has 0 saturated carbocycles. The molecule has 3 rings (SSSR count). The lowest BCUT2D eigenvalue weighted by molar-refractivity contribution is 0.482. The molecule has 1 N–H and O–H groups in total. The second-order valence-electron chi connectivity index (χ2n) is 4.26. The maximum atomic E-state index is 11.7. The van der Waals surface area contributed by atoms with Gasteiger partial charge in [0.1, 0.15) is 0 Å². The first kappa shape index (κ1) is 11.8. The molecule has 6 heteroatoms. The first-order valence-corrected chi connectivity index (χ1v) is 8.25. The van der Waals surface area contributed by atoms with E-state index in [0.717, 1.165) is 16.3 Å². The zero-order valence-electron chi connectivity index (χ0n) is 9.29. The molecular weight excluding hydrogens is 272 g/mol. The Hall–Kier alpha value is -1.24. The predicted octanol–water partition coefficient (Wildman–Crippen LogP) is 1.85. The van der Waals surface area contributed by atoms with E-state index in [2.05, 4.69) is 0 Å². The van der Waals surface area contributed by atoms with Crippen molar-refractivity contribution >= 4 is 31.7 Å². The second-order valence-corrected chi connectivity index (χ2v) is 7.10. The van der Waals surface area contributed by atoms with Crippen molar-refractivity contribution in [2.24, 2.45) is 0 Å². The average Bonchev–Trinajstić information content (AvgIpc) is 2.68. The van der Waals surface area contributed by atoms with E-state index in [1.807, 2.05) is 12.1 Å². The molecule has 1 aliphatic rings. The Bertz CT molecular complexity index is 778. The third-order valence-corrected chi connectivity index (χ3v) is 5.26. The fourth-order valence-corrected chi connectivity index (χ4v) is 4.64. The van der Waals surface area contributed by atoms with Gasteiger partial charge >= 0.3 is 0 Å². The number of hydrogen-bond acceptors (Lipinski definition) is 3. The van der Waals surface area contributed by atoms with Crippen molar-refractivity contribution < 1.29 is 17.2 Å². The maximum absolute atomic E-state index is 11.7.